The van der Waals surface area contributed by atoms with Crippen LogP contribution < -0.4 is 5.32 Å². The molecule has 0 saturated carbocycles. The molecule has 90 valence electrons. The molecular formula is C15H13NO2. The standard InChI is InChI=1S/C15H13NO2/c17-14-15(18,12-7-2-1-3-8-12)10-11-6-4-5-9-13(11)16-14/h1-9,18H,10H2,(H,16,17)/t15-/m0/s1. The van der Waals surface area contributed by atoms with Crippen molar-refractivity contribution in [2.75, 3.05) is 5.32 Å². The fourth-order valence-corrected chi connectivity index (χ4v) is 2.33. The molecule has 2 N–H and O–H groups in total. The first-order chi connectivity index (χ1) is 8.70. The van der Waals surface area contributed by atoms with E-state index < -0.39 is 5.60 Å². The summed E-state index contributed by atoms with van der Waals surface area (Å²) in [4.78, 5) is 12.1. The van der Waals surface area contributed by atoms with Gasteiger partial charge in [0.15, 0.2) is 5.60 Å². The van der Waals surface area contributed by atoms with Crippen molar-refractivity contribution in [3.8, 4) is 0 Å². The van der Waals surface area contributed by atoms with Gasteiger partial charge in [-0.2, -0.15) is 0 Å². The summed E-state index contributed by atoms with van der Waals surface area (Å²) in [7, 11) is 0. The van der Waals surface area contributed by atoms with Gasteiger partial charge in [-0.25, -0.2) is 0 Å². The van der Waals surface area contributed by atoms with E-state index in [0.29, 0.717) is 12.0 Å². The highest BCUT2D eigenvalue weighted by atomic mass is 16.3. The van der Waals surface area contributed by atoms with E-state index in [1.807, 2.05) is 42.5 Å². The van der Waals surface area contributed by atoms with Gasteiger partial charge >= 0.3 is 0 Å². The predicted octanol–water partition coefficient (Wildman–Crippen LogP) is 2.07. The molecular weight excluding hydrogens is 226 g/mol. The molecule has 0 aromatic heterocycles. The van der Waals surface area contributed by atoms with Gasteiger partial charge in [-0.05, 0) is 17.2 Å². The van der Waals surface area contributed by atoms with Crippen LogP contribution in [0.1, 0.15) is 11.1 Å². The molecule has 1 atom stereocenters. The summed E-state index contributed by atoms with van der Waals surface area (Å²) >= 11 is 0. The first kappa shape index (κ1) is 11.0. The molecule has 3 heteroatoms. The third-order valence-electron chi connectivity index (χ3n) is 3.34. The van der Waals surface area contributed by atoms with Crippen LogP contribution in [0.3, 0.4) is 0 Å². The van der Waals surface area contributed by atoms with Crippen molar-refractivity contribution in [2.45, 2.75) is 12.0 Å². The van der Waals surface area contributed by atoms with Gasteiger partial charge in [0.2, 0.25) is 0 Å². The van der Waals surface area contributed by atoms with Crippen LogP contribution in [0, 0.1) is 0 Å². The van der Waals surface area contributed by atoms with Crippen molar-refractivity contribution in [3.63, 3.8) is 0 Å². The van der Waals surface area contributed by atoms with Crippen LogP contribution in [0.2, 0.25) is 0 Å². The van der Waals surface area contributed by atoms with Gasteiger partial charge in [-0.1, -0.05) is 48.5 Å². The summed E-state index contributed by atoms with van der Waals surface area (Å²) in [6, 6.07) is 16.6. The van der Waals surface area contributed by atoms with Gasteiger partial charge < -0.3 is 10.4 Å². The van der Waals surface area contributed by atoms with E-state index in [2.05, 4.69) is 5.32 Å². The topological polar surface area (TPSA) is 49.3 Å². The van der Waals surface area contributed by atoms with Crippen LogP contribution in [0.5, 0.6) is 0 Å². The molecule has 0 fully saturated rings. The average Bonchev–Trinajstić information content (AvgIpc) is 2.41. The Morgan fingerprint density at radius 1 is 1.00 bits per heavy atom. The van der Waals surface area contributed by atoms with Gasteiger partial charge in [0, 0.05) is 12.1 Å². The molecule has 0 radical (unpaired) electrons. The van der Waals surface area contributed by atoms with Gasteiger partial charge in [-0.15, -0.1) is 0 Å². The van der Waals surface area contributed by atoms with Crippen LogP contribution in [-0.4, -0.2) is 11.0 Å². The molecule has 1 aliphatic rings. The van der Waals surface area contributed by atoms with Crippen LogP contribution >= 0.6 is 0 Å². The third-order valence-corrected chi connectivity index (χ3v) is 3.34. The Kier molecular flexibility index (Phi) is 2.42. The summed E-state index contributed by atoms with van der Waals surface area (Å²) in [5, 5.41) is 13.4. The SMILES string of the molecule is O=C1Nc2ccccc2C[C@]1(O)c1ccccc1. The summed E-state index contributed by atoms with van der Waals surface area (Å²) in [6.07, 6.45) is 0.305. The van der Waals surface area contributed by atoms with Gasteiger partial charge in [0.1, 0.15) is 0 Å². The number of benzene rings is 2. The molecule has 2 aromatic carbocycles. The molecule has 0 aliphatic carbocycles. The van der Waals surface area contributed by atoms with Crippen molar-refractivity contribution < 1.29 is 9.90 Å². The number of nitrogens with one attached hydrogen (secondary N) is 1. The predicted molar refractivity (Wildman–Crippen MR) is 69.1 cm³/mol. The highest BCUT2D eigenvalue weighted by Crippen LogP contribution is 2.34. The maximum absolute atomic E-state index is 12.1. The van der Waals surface area contributed by atoms with Gasteiger partial charge in [0.25, 0.3) is 5.91 Å². The van der Waals surface area contributed by atoms with E-state index in [9.17, 15) is 9.90 Å². The Labute approximate surface area is 105 Å². The fourth-order valence-electron chi connectivity index (χ4n) is 2.33. The number of para-hydroxylation sites is 1. The normalized spacial score (nSPS) is 22.2. The maximum atomic E-state index is 12.1. The number of carbonyl (C=O) groups is 1. The Morgan fingerprint density at radius 3 is 2.44 bits per heavy atom. The Morgan fingerprint density at radius 2 is 1.67 bits per heavy atom. The minimum Gasteiger partial charge on any atom is -0.375 e. The number of hydrogen-bond donors (Lipinski definition) is 2. The summed E-state index contributed by atoms with van der Waals surface area (Å²) in [6.45, 7) is 0. The Hall–Kier alpha value is -2.13. The molecule has 0 saturated heterocycles. The monoisotopic (exact) mass is 239 g/mol. The minimum absolute atomic E-state index is 0.305. The second-order valence-corrected chi connectivity index (χ2v) is 4.51. The fraction of sp³-hybridized carbons (Fsp3) is 0.133. The lowest BCUT2D eigenvalue weighted by molar-refractivity contribution is -0.135. The van der Waals surface area contributed by atoms with E-state index in [0.717, 1.165) is 11.3 Å². The highest BCUT2D eigenvalue weighted by Gasteiger charge is 2.41. The second-order valence-electron chi connectivity index (χ2n) is 4.51. The summed E-state index contributed by atoms with van der Waals surface area (Å²) in [5.74, 6) is -0.368. The van der Waals surface area contributed by atoms with Crippen LogP contribution in [-0.2, 0) is 16.8 Å². The number of carbonyl (C=O) groups excluding carboxylic acids is 1. The molecule has 0 bridgehead atoms. The lowest BCUT2D eigenvalue weighted by Gasteiger charge is -2.32. The number of anilines is 1. The zero-order valence-corrected chi connectivity index (χ0v) is 9.76. The zero-order chi connectivity index (χ0) is 12.6. The number of hydrogen-bond acceptors (Lipinski definition) is 2. The van der Waals surface area contributed by atoms with E-state index in [-0.39, 0.29) is 5.91 Å². The summed E-state index contributed by atoms with van der Waals surface area (Å²) in [5.41, 5.74) is 0.874. The largest absolute Gasteiger partial charge is 0.375 e. The number of rotatable bonds is 1. The highest BCUT2D eigenvalue weighted by molar-refractivity contribution is 6.00. The average molecular weight is 239 g/mol. The van der Waals surface area contributed by atoms with Crippen molar-refractivity contribution in [2.24, 2.45) is 0 Å². The molecule has 3 nitrogen and oxygen atoms in total. The quantitative estimate of drug-likeness (QED) is 0.800. The number of fused-ring (bicyclic) bond motifs is 1. The summed E-state index contributed by atoms with van der Waals surface area (Å²) < 4.78 is 0. The molecule has 2 aromatic rings. The van der Waals surface area contributed by atoms with Crippen molar-refractivity contribution in [1.29, 1.82) is 0 Å². The zero-order valence-electron chi connectivity index (χ0n) is 9.76. The lowest BCUT2D eigenvalue weighted by atomic mass is 9.83. The Balaban J connectivity index is 2.07. The van der Waals surface area contributed by atoms with E-state index >= 15 is 0 Å². The maximum Gasteiger partial charge on any atom is 0.261 e. The lowest BCUT2D eigenvalue weighted by Crippen LogP contribution is -2.45. The van der Waals surface area contributed by atoms with Crippen molar-refractivity contribution >= 4 is 11.6 Å². The van der Waals surface area contributed by atoms with Gasteiger partial charge in [0.05, 0.1) is 0 Å². The third kappa shape index (κ3) is 1.60. The van der Waals surface area contributed by atoms with E-state index in [4.69, 9.17) is 0 Å². The minimum atomic E-state index is -1.48. The van der Waals surface area contributed by atoms with Crippen molar-refractivity contribution in [3.05, 3.63) is 65.7 Å². The Bertz CT molecular complexity index is 594. The van der Waals surface area contributed by atoms with E-state index in [1.54, 1.807) is 12.1 Å². The first-order valence-corrected chi connectivity index (χ1v) is 5.87. The van der Waals surface area contributed by atoms with E-state index in [1.165, 1.54) is 0 Å². The number of aliphatic hydroxyl groups is 1. The smallest absolute Gasteiger partial charge is 0.261 e. The molecule has 1 amide bonds. The molecule has 3 rings (SSSR count). The van der Waals surface area contributed by atoms with Crippen LogP contribution in [0.25, 0.3) is 0 Å². The second kappa shape index (κ2) is 3.96. The number of amides is 1. The first-order valence-electron chi connectivity index (χ1n) is 5.87. The molecule has 1 heterocycles. The molecule has 1 aliphatic heterocycles. The molecule has 0 spiro atoms. The molecule has 18 heavy (non-hydrogen) atoms. The van der Waals surface area contributed by atoms with Crippen LogP contribution in [0.4, 0.5) is 5.69 Å². The molecule has 0 unspecified atom stereocenters. The van der Waals surface area contributed by atoms with Gasteiger partial charge in [-0.3, -0.25) is 4.79 Å². The van der Waals surface area contributed by atoms with Crippen LogP contribution in [0.15, 0.2) is 54.6 Å². The van der Waals surface area contributed by atoms with Crippen molar-refractivity contribution in [1.82, 2.24) is 0 Å².